The van der Waals surface area contributed by atoms with Gasteiger partial charge in [0.25, 0.3) is 0 Å². The number of aromatic nitrogens is 1. The van der Waals surface area contributed by atoms with Crippen LogP contribution >= 0.6 is 0 Å². The van der Waals surface area contributed by atoms with Gasteiger partial charge in [0.1, 0.15) is 5.41 Å². The first-order chi connectivity index (χ1) is 16.2. The minimum absolute atomic E-state index is 0.0172. The largest absolute Gasteiger partial charge is 0.417 e. The molecule has 1 aliphatic carbocycles. The summed E-state index contributed by atoms with van der Waals surface area (Å²) >= 11 is 0. The van der Waals surface area contributed by atoms with Crippen LogP contribution in [0.25, 0.3) is 0 Å². The summed E-state index contributed by atoms with van der Waals surface area (Å²) in [5.74, 6) is -0.0521. The molecule has 2 amide bonds. The number of ether oxygens (including phenoxy) is 2. The molecule has 3 aliphatic heterocycles. The Bertz CT molecular complexity index is 971. The van der Waals surface area contributed by atoms with E-state index in [2.05, 4.69) is 10.3 Å². The van der Waals surface area contributed by atoms with Crippen molar-refractivity contribution in [3.05, 3.63) is 29.1 Å². The molecule has 34 heavy (non-hydrogen) atoms. The molecule has 186 valence electrons. The zero-order chi connectivity index (χ0) is 24.1. The second-order valence-electron chi connectivity index (χ2n) is 10.1. The standard InChI is InChI=1S/C24H30F3N3O4/c1-33-20-13-34-5-3-15(20)6-14-7-17-10-29-21(31)23(17,9-14)22(32)30-4-2-19-16(12-30)8-18(11-28-19)24(25,26)27/h8,11,14-15,17,20H,2-7,9-10,12-13H2,1H3,(H,29,31)/t14-,15?,17+,20?,23-/m1/s1. The molecule has 0 spiro atoms. The number of pyridine rings is 1. The lowest BCUT2D eigenvalue weighted by atomic mass is 9.77. The third kappa shape index (κ3) is 3.98. The van der Waals surface area contributed by atoms with Gasteiger partial charge in [-0.15, -0.1) is 0 Å². The predicted octanol–water partition coefficient (Wildman–Crippen LogP) is 2.57. The highest BCUT2D eigenvalue weighted by Gasteiger charge is 2.62. The second kappa shape index (κ2) is 8.78. The molecule has 2 saturated heterocycles. The Balaban J connectivity index is 1.34. The van der Waals surface area contributed by atoms with Gasteiger partial charge in [0.05, 0.1) is 18.3 Å². The van der Waals surface area contributed by atoms with E-state index < -0.39 is 17.2 Å². The van der Waals surface area contributed by atoms with Gasteiger partial charge in [0.15, 0.2) is 0 Å². The molecule has 2 unspecified atom stereocenters. The van der Waals surface area contributed by atoms with E-state index in [1.54, 1.807) is 12.0 Å². The maximum Gasteiger partial charge on any atom is 0.417 e. The number of hydrogen-bond acceptors (Lipinski definition) is 5. The summed E-state index contributed by atoms with van der Waals surface area (Å²) in [4.78, 5) is 32.5. The molecule has 1 aromatic rings. The van der Waals surface area contributed by atoms with Gasteiger partial charge in [-0.25, -0.2) is 0 Å². The smallest absolute Gasteiger partial charge is 0.379 e. The van der Waals surface area contributed by atoms with Crippen molar-refractivity contribution in [2.45, 2.75) is 50.9 Å². The summed E-state index contributed by atoms with van der Waals surface area (Å²) in [5.41, 5.74) is -0.970. The molecular weight excluding hydrogens is 451 g/mol. The van der Waals surface area contributed by atoms with Crippen LogP contribution in [0.4, 0.5) is 13.2 Å². The Morgan fingerprint density at radius 3 is 3.00 bits per heavy atom. The van der Waals surface area contributed by atoms with Gasteiger partial charge in [0, 0.05) is 51.7 Å². The van der Waals surface area contributed by atoms with E-state index in [0.29, 0.717) is 56.3 Å². The average molecular weight is 482 g/mol. The highest BCUT2D eigenvalue weighted by Crippen LogP contribution is 2.53. The summed E-state index contributed by atoms with van der Waals surface area (Å²) in [6.45, 7) is 2.10. The molecular formula is C24H30F3N3O4. The third-order valence-corrected chi connectivity index (χ3v) is 8.26. The van der Waals surface area contributed by atoms with Gasteiger partial charge in [-0.05, 0) is 55.1 Å². The fourth-order valence-electron chi connectivity index (χ4n) is 6.51. The Kier molecular flexibility index (Phi) is 6.08. The van der Waals surface area contributed by atoms with E-state index in [1.165, 1.54) is 0 Å². The number of fused-ring (bicyclic) bond motifs is 2. The van der Waals surface area contributed by atoms with E-state index >= 15 is 0 Å². The first-order valence-electron chi connectivity index (χ1n) is 12.0. The normalized spacial score (nSPS) is 33.4. The molecule has 0 bridgehead atoms. The van der Waals surface area contributed by atoms with Gasteiger partial charge in [-0.1, -0.05) is 0 Å². The van der Waals surface area contributed by atoms with Crippen molar-refractivity contribution in [2.75, 3.05) is 33.4 Å². The predicted molar refractivity (Wildman–Crippen MR) is 114 cm³/mol. The summed E-state index contributed by atoms with van der Waals surface area (Å²) in [6, 6.07) is 1.08. The maximum atomic E-state index is 13.8. The van der Waals surface area contributed by atoms with Crippen molar-refractivity contribution in [3.8, 4) is 0 Å². The molecule has 0 radical (unpaired) electrons. The van der Waals surface area contributed by atoms with Crippen molar-refractivity contribution < 1.29 is 32.2 Å². The van der Waals surface area contributed by atoms with Gasteiger partial charge in [-0.2, -0.15) is 13.2 Å². The van der Waals surface area contributed by atoms with Crippen LogP contribution in [-0.2, 0) is 38.2 Å². The van der Waals surface area contributed by atoms with Crippen molar-refractivity contribution in [3.63, 3.8) is 0 Å². The fourth-order valence-corrected chi connectivity index (χ4v) is 6.51. The topological polar surface area (TPSA) is 80.8 Å². The van der Waals surface area contributed by atoms with E-state index in [9.17, 15) is 22.8 Å². The monoisotopic (exact) mass is 481 g/mol. The molecule has 4 heterocycles. The fraction of sp³-hybridized carbons (Fsp3) is 0.708. The van der Waals surface area contributed by atoms with Crippen LogP contribution in [-0.4, -0.2) is 61.2 Å². The zero-order valence-electron chi connectivity index (χ0n) is 19.2. The molecule has 1 N–H and O–H groups in total. The molecule has 3 fully saturated rings. The number of carbonyl (C=O) groups excluding carboxylic acids is 2. The zero-order valence-corrected chi connectivity index (χ0v) is 19.2. The van der Waals surface area contributed by atoms with Crippen molar-refractivity contribution in [1.82, 2.24) is 15.2 Å². The lowest BCUT2D eigenvalue weighted by molar-refractivity contribution is -0.151. The summed E-state index contributed by atoms with van der Waals surface area (Å²) in [6.07, 6.45) is -0.228. The molecule has 4 aliphatic rings. The number of methoxy groups -OCH3 is 1. The number of alkyl halides is 3. The first-order valence-corrected chi connectivity index (χ1v) is 12.0. The van der Waals surface area contributed by atoms with Crippen molar-refractivity contribution in [1.29, 1.82) is 0 Å². The summed E-state index contributed by atoms with van der Waals surface area (Å²) < 4.78 is 50.7. The summed E-state index contributed by atoms with van der Waals surface area (Å²) in [7, 11) is 1.68. The number of nitrogens with zero attached hydrogens (tertiary/aromatic N) is 2. The number of hydrogen-bond donors (Lipinski definition) is 1. The van der Waals surface area contributed by atoms with Crippen LogP contribution in [0.3, 0.4) is 0 Å². The molecule has 7 nitrogen and oxygen atoms in total. The minimum Gasteiger partial charge on any atom is -0.379 e. The van der Waals surface area contributed by atoms with Crippen LogP contribution in [0.1, 0.15) is 42.5 Å². The van der Waals surface area contributed by atoms with E-state index in [4.69, 9.17) is 9.47 Å². The summed E-state index contributed by atoms with van der Waals surface area (Å²) in [5, 5.41) is 2.88. The number of amides is 2. The Hall–Kier alpha value is -2.20. The average Bonchev–Trinajstić information content (AvgIpc) is 3.34. The van der Waals surface area contributed by atoms with Gasteiger partial charge < -0.3 is 19.7 Å². The SMILES string of the molecule is COC1COCCC1C[C@@H]1C[C@H]2CNC(=O)[C@@]2(C(=O)N2CCc3ncc(C(F)(F)F)cc3C2)C1. The maximum absolute atomic E-state index is 13.8. The quantitative estimate of drug-likeness (QED) is 0.669. The molecule has 1 saturated carbocycles. The van der Waals surface area contributed by atoms with Crippen LogP contribution in [0, 0.1) is 23.2 Å². The first kappa shape index (κ1) is 23.5. The van der Waals surface area contributed by atoms with Crippen molar-refractivity contribution in [2.24, 2.45) is 23.2 Å². The van der Waals surface area contributed by atoms with Crippen LogP contribution in [0.2, 0.25) is 0 Å². The third-order valence-electron chi connectivity index (χ3n) is 8.26. The second-order valence-corrected chi connectivity index (χ2v) is 10.1. The molecule has 0 aromatic carbocycles. The van der Waals surface area contributed by atoms with Crippen molar-refractivity contribution >= 4 is 11.8 Å². The molecule has 1 aromatic heterocycles. The Morgan fingerprint density at radius 2 is 2.24 bits per heavy atom. The van der Waals surface area contributed by atoms with Crippen LogP contribution in [0.5, 0.6) is 0 Å². The highest BCUT2D eigenvalue weighted by atomic mass is 19.4. The van der Waals surface area contributed by atoms with Crippen LogP contribution < -0.4 is 5.32 Å². The van der Waals surface area contributed by atoms with Gasteiger partial charge in [0.2, 0.25) is 11.8 Å². The Morgan fingerprint density at radius 1 is 1.41 bits per heavy atom. The molecule has 5 atom stereocenters. The molecule has 5 rings (SSSR count). The van der Waals surface area contributed by atoms with E-state index in [1.807, 2.05) is 0 Å². The van der Waals surface area contributed by atoms with E-state index in [0.717, 1.165) is 31.5 Å². The Labute approximate surface area is 196 Å². The number of nitrogens with one attached hydrogen (secondary N) is 1. The van der Waals surface area contributed by atoms with E-state index in [-0.39, 0.29) is 36.3 Å². The molecule has 10 heteroatoms. The highest BCUT2D eigenvalue weighted by molar-refractivity contribution is 6.07. The lowest BCUT2D eigenvalue weighted by Gasteiger charge is -2.36. The minimum atomic E-state index is -4.49. The van der Waals surface area contributed by atoms with Gasteiger partial charge in [-0.3, -0.25) is 14.6 Å². The lowest BCUT2D eigenvalue weighted by Crippen LogP contribution is -2.50. The number of carbonyl (C=O) groups is 2. The van der Waals surface area contributed by atoms with Gasteiger partial charge >= 0.3 is 6.18 Å². The van der Waals surface area contributed by atoms with Crippen LogP contribution in [0.15, 0.2) is 12.3 Å². The number of rotatable bonds is 4. The number of halogens is 3.